The summed E-state index contributed by atoms with van der Waals surface area (Å²) in [5.74, 6) is 0.964. The van der Waals surface area contributed by atoms with Gasteiger partial charge in [0.25, 0.3) is 0 Å². The highest BCUT2D eigenvalue weighted by Crippen LogP contribution is 2.23. The van der Waals surface area contributed by atoms with E-state index in [4.69, 9.17) is 10.5 Å². The number of benzene rings is 1. The van der Waals surface area contributed by atoms with Crippen molar-refractivity contribution in [3.63, 3.8) is 0 Å². The first-order chi connectivity index (χ1) is 8.46. The number of hydrogen-bond acceptors (Lipinski definition) is 3. The lowest BCUT2D eigenvalue weighted by Gasteiger charge is -2.18. The number of aryl methyl sites for hydroxylation is 1. The molecule has 18 heavy (non-hydrogen) atoms. The summed E-state index contributed by atoms with van der Waals surface area (Å²) in [4.78, 5) is 0. The van der Waals surface area contributed by atoms with Crippen LogP contribution in [-0.2, 0) is 6.42 Å². The Balaban J connectivity index is 2.48. The minimum absolute atomic E-state index is 0.0732. The van der Waals surface area contributed by atoms with Crippen molar-refractivity contribution in [1.82, 2.24) is 0 Å². The van der Waals surface area contributed by atoms with Crippen LogP contribution in [0.15, 0.2) is 18.2 Å². The molecule has 0 saturated heterocycles. The predicted molar refractivity (Wildman–Crippen MR) is 78.4 cm³/mol. The van der Waals surface area contributed by atoms with Crippen LogP contribution >= 0.6 is 0 Å². The molecule has 3 nitrogen and oxygen atoms in total. The van der Waals surface area contributed by atoms with Crippen LogP contribution in [0.1, 0.15) is 39.2 Å². The molecule has 0 aromatic heterocycles. The molecule has 0 aliphatic rings. The fourth-order valence-corrected chi connectivity index (χ4v) is 1.94. The molecule has 0 unspecified atom stereocenters. The number of methoxy groups -OCH3 is 1. The average molecular weight is 250 g/mol. The first-order valence-corrected chi connectivity index (χ1v) is 6.66. The number of rotatable bonds is 7. The molecule has 1 aromatic carbocycles. The molecule has 0 heterocycles. The van der Waals surface area contributed by atoms with Crippen molar-refractivity contribution in [3.05, 3.63) is 23.8 Å². The molecule has 0 bridgehead atoms. The lowest BCUT2D eigenvalue weighted by molar-refractivity contribution is 0.410. The zero-order valence-corrected chi connectivity index (χ0v) is 12.0. The van der Waals surface area contributed by atoms with Crippen LogP contribution < -0.4 is 15.8 Å². The molecular formula is C15H26N2O. The van der Waals surface area contributed by atoms with Crippen LogP contribution in [-0.4, -0.2) is 19.2 Å². The quantitative estimate of drug-likeness (QED) is 0.731. The summed E-state index contributed by atoms with van der Waals surface area (Å²) in [6, 6.07) is 6.24. The van der Waals surface area contributed by atoms with E-state index in [1.807, 2.05) is 6.07 Å². The van der Waals surface area contributed by atoms with Gasteiger partial charge in [0.05, 0.1) is 7.11 Å². The highest BCUT2D eigenvalue weighted by Gasteiger charge is 2.09. The van der Waals surface area contributed by atoms with E-state index >= 15 is 0 Å². The van der Waals surface area contributed by atoms with Gasteiger partial charge in [0.2, 0.25) is 0 Å². The number of ether oxygens (including phenoxy) is 1. The van der Waals surface area contributed by atoms with Crippen molar-refractivity contribution >= 4 is 5.69 Å². The summed E-state index contributed by atoms with van der Waals surface area (Å²) in [5.41, 5.74) is 8.27. The smallest absolute Gasteiger partial charge is 0.122 e. The molecule has 1 aromatic rings. The lowest BCUT2D eigenvalue weighted by Crippen LogP contribution is -2.32. The van der Waals surface area contributed by atoms with E-state index in [-0.39, 0.29) is 5.54 Å². The van der Waals surface area contributed by atoms with Gasteiger partial charge in [0, 0.05) is 17.8 Å². The summed E-state index contributed by atoms with van der Waals surface area (Å²) >= 11 is 0. The predicted octanol–water partition coefficient (Wildman–Crippen LogP) is 3.19. The highest BCUT2D eigenvalue weighted by atomic mass is 16.5. The molecular weight excluding hydrogens is 224 g/mol. The number of nitrogens with two attached hydrogens (primary N) is 1. The number of hydrogen-bond donors (Lipinski definition) is 2. The van der Waals surface area contributed by atoms with Crippen molar-refractivity contribution in [3.8, 4) is 5.75 Å². The van der Waals surface area contributed by atoms with Crippen molar-refractivity contribution in [2.45, 2.75) is 45.6 Å². The molecule has 0 atom stereocenters. The standard InChI is InChI=1S/C15H26N2O/c1-5-12-11-13(7-8-14(12)18-4)17-10-6-9-15(2,3)16/h7-8,11,17H,5-6,9-10,16H2,1-4H3. The minimum Gasteiger partial charge on any atom is -0.496 e. The number of anilines is 1. The molecule has 0 radical (unpaired) electrons. The summed E-state index contributed by atoms with van der Waals surface area (Å²) in [5, 5.41) is 3.43. The Labute approximate surface area is 111 Å². The second-order valence-electron chi connectivity index (χ2n) is 5.40. The van der Waals surface area contributed by atoms with Crippen LogP contribution in [0.5, 0.6) is 5.75 Å². The molecule has 0 amide bonds. The van der Waals surface area contributed by atoms with Gasteiger partial charge in [-0.25, -0.2) is 0 Å². The van der Waals surface area contributed by atoms with E-state index in [9.17, 15) is 0 Å². The van der Waals surface area contributed by atoms with Crippen LogP contribution in [0.4, 0.5) is 5.69 Å². The van der Waals surface area contributed by atoms with E-state index in [0.717, 1.165) is 37.2 Å². The Hall–Kier alpha value is -1.22. The molecule has 0 saturated carbocycles. The molecule has 3 heteroatoms. The van der Waals surface area contributed by atoms with Gasteiger partial charge in [0.1, 0.15) is 5.75 Å². The fraction of sp³-hybridized carbons (Fsp3) is 0.600. The zero-order valence-electron chi connectivity index (χ0n) is 12.0. The summed E-state index contributed by atoms with van der Waals surface area (Å²) in [6.45, 7) is 7.22. The van der Waals surface area contributed by atoms with Gasteiger partial charge in [-0.1, -0.05) is 6.92 Å². The third-order valence-electron chi connectivity index (χ3n) is 2.99. The van der Waals surface area contributed by atoms with Crippen LogP contribution in [0, 0.1) is 0 Å². The van der Waals surface area contributed by atoms with Gasteiger partial charge in [0.15, 0.2) is 0 Å². The minimum atomic E-state index is -0.0732. The Morgan fingerprint density at radius 1 is 1.33 bits per heavy atom. The molecule has 102 valence electrons. The summed E-state index contributed by atoms with van der Waals surface area (Å²) < 4.78 is 5.32. The molecule has 0 fully saturated rings. The zero-order chi connectivity index (χ0) is 13.6. The Morgan fingerprint density at radius 3 is 2.61 bits per heavy atom. The Morgan fingerprint density at radius 2 is 2.06 bits per heavy atom. The van der Waals surface area contributed by atoms with Crippen LogP contribution in [0.3, 0.4) is 0 Å². The highest BCUT2D eigenvalue weighted by molar-refractivity contribution is 5.51. The van der Waals surface area contributed by atoms with E-state index in [2.05, 4.69) is 38.2 Å². The van der Waals surface area contributed by atoms with E-state index in [0.29, 0.717) is 0 Å². The summed E-state index contributed by atoms with van der Waals surface area (Å²) in [6.07, 6.45) is 3.09. The van der Waals surface area contributed by atoms with Crippen LogP contribution in [0.2, 0.25) is 0 Å². The van der Waals surface area contributed by atoms with E-state index < -0.39 is 0 Å². The first kappa shape index (κ1) is 14.8. The van der Waals surface area contributed by atoms with Crippen molar-refractivity contribution in [2.24, 2.45) is 5.73 Å². The van der Waals surface area contributed by atoms with Gasteiger partial charge in [-0.3, -0.25) is 0 Å². The summed E-state index contributed by atoms with van der Waals surface area (Å²) in [7, 11) is 1.71. The topological polar surface area (TPSA) is 47.3 Å². The van der Waals surface area contributed by atoms with Crippen LogP contribution in [0.25, 0.3) is 0 Å². The van der Waals surface area contributed by atoms with Gasteiger partial charge in [-0.05, 0) is 56.9 Å². The van der Waals surface area contributed by atoms with Crippen molar-refractivity contribution < 1.29 is 4.74 Å². The Bertz CT molecular complexity index is 369. The maximum atomic E-state index is 5.95. The van der Waals surface area contributed by atoms with Gasteiger partial charge in [-0.2, -0.15) is 0 Å². The third-order valence-corrected chi connectivity index (χ3v) is 2.99. The molecule has 0 aliphatic carbocycles. The van der Waals surface area contributed by atoms with Gasteiger partial charge >= 0.3 is 0 Å². The third kappa shape index (κ3) is 4.96. The molecule has 0 aliphatic heterocycles. The van der Waals surface area contributed by atoms with Crippen molar-refractivity contribution in [2.75, 3.05) is 19.0 Å². The fourth-order valence-electron chi connectivity index (χ4n) is 1.94. The lowest BCUT2D eigenvalue weighted by atomic mass is 10.0. The van der Waals surface area contributed by atoms with E-state index in [1.54, 1.807) is 7.11 Å². The first-order valence-electron chi connectivity index (χ1n) is 6.66. The Kier molecular flexibility index (Phi) is 5.48. The second kappa shape index (κ2) is 6.64. The second-order valence-corrected chi connectivity index (χ2v) is 5.40. The maximum Gasteiger partial charge on any atom is 0.122 e. The van der Waals surface area contributed by atoms with Crippen molar-refractivity contribution in [1.29, 1.82) is 0 Å². The van der Waals surface area contributed by atoms with E-state index in [1.165, 1.54) is 5.56 Å². The van der Waals surface area contributed by atoms with Gasteiger partial charge < -0.3 is 15.8 Å². The van der Waals surface area contributed by atoms with Gasteiger partial charge in [-0.15, -0.1) is 0 Å². The monoisotopic (exact) mass is 250 g/mol. The largest absolute Gasteiger partial charge is 0.496 e. The SMILES string of the molecule is CCc1cc(NCCCC(C)(C)N)ccc1OC. The molecule has 3 N–H and O–H groups in total. The maximum absolute atomic E-state index is 5.95. The molecule has 0 spiro atoms. The average Bonchev–Trinajstić information content (AvgIpc) is 2.33. The normalized spacial score (nSPS) is 11.4. The number of nitrogens with one attached hydrogen (secondary N) is 1. The molecule has 1 rings (SSSR count).